The van der Waals surface area contributed by atoms with Crippen molar-refractivity contribution >= 4 is 11.5 Å². The number of ether oxygens (including phenoxy) is 3. The Labute approximate surface area is 195 Å². The number of rotatable bonds is 11. The van der Waals surface area contributed by atoms with Gasteiger partial charge >= 0.3 is 5.97 Å². The molecule has 0 saturated heterocycles. The van der Waals surface area contributed by atoms with Crippen molar-refractivity contribution in [2.45, 2.75) is 26.4 Å². The van der Waals surface area contributed by atoms with E-state index in [1.165, 1.54) is 0 Å². The molecule has 3 aromatic rings. The maximum atomic E-state index is 11.2. The molecule has 0 saturated carbocycles. The zero-order chi connectivity index (χ0) is 23.6. The molecule has 0 amide bonds. The van der Waals surface area contributed by atoms with E-state index in [0.29, 0.717) is 19.6 Å². The third-order valence-corrected chi connectivity index (χ3v) is 5.37. The van der Waals surface area contributed by atoms with Gasteiger partial charge in [-0.15, -0.1) is 0 Å². The van der Waals surface area contributed by atoms with Crippen molar-refractivity contribution in [3.8, 4) is 22.6 Å². The van der Waals surface area contributed by atoms with Crippen LogP contribution in [-0.2, 0) is 16.0 Å². The second kappa shape index (κ2) is 11.9. The molecule has 3 rings (SSSR count). The second-order valence-corrected chi connectivity index (χ2v) is 7.64. The lowest BCUT2D eigenvalue weighted by Gasteiger charge is -2.12. The van der Waals surface area contributed by atoms with Crippen LogP contribution in [0.4, 0.5) is 0 Å². The SMILES string of the molecule is CCO[C@@H](Cc1ccc(OC/C=C(\C)c2ccc(-c3cccc(OC)c3)cc2)cc1)C(=O)O. The molecular weight excluding hydrogens is 416 g/mol. The summed E-state index contributed by atoms with van der Waals surface area (Å²) in [6.07, 6.45) is 1.54. The molecule has 0 radical (unpaired) electrons. The van der Waals surface area contributed by atoms with Gasteiger partial charge in [0.2, 0.25) is 0 Å². The third kappa shape index (κ3) is 6.96. The molecule has 0 aliphatic heterocycles. The lowest BCUT2D eigenvalue weighted by molar-refractivity contribution is -0.149. The fourth-order valence-electron chi connectivity index (χ4n) is 3.46. The maximum Gasteiger partial charge on any atom is 0.333 e. The summed E-state index contributed by atoms with van der Waals surface area (Å²) in [4.78, 5) is 11.2. The van der Waals surface area contributed by atoms with E-state index in [2.05, 4.69) is 37.3 Å². The average molecular weight is 447 g/mol. The molecule has 0 fully saturated rings. The normalized spacial score (nSPS) is 12.3. The zero-order valence-corrected chi connectivity index (χ0v) is 19.3. The number of carboxylic acids is 1. The van der Waals surface area contributed by atoms with Crippen LogP contribution >= 0.6 is 0 Å². The molecule has 3 aromatic carbocycles. The van der Waals surface area contributed by atoms with Crippen LogP contribution in [0.5, 0.6) is 11.5 Å². The molecule has 0 aromatic heterocycles. The number of carbonyl (C=O) groups is 1. The summed E-state index contributed by atoms with van der Waals surface area (Å²) >= 11 is 0. The van der Waals surface area contributed by atoms with Crippen molar-refractivity contribution in [3.05, 3.63) is 90.0 Å². The summed E-state index contributed by atoms with van der Waals surface area (Å²) in [5.74, 6) is 0.627. The molecule has 0 unspecified atom stereocenters. The maximum absolute atomic E-state index is 11.2. The highest BCUT2D eigenvalue weighted by Gasteiger charge is 2.17. The van der Waals surface area contributed by atoms with Gasteiger partial charge in [-0.05, 0) is 72.0 Å². The molecule has 0 spiro atoms. The van der Waals surface area contributed by atoms with E-state index in [0.717, 1.165) is 39.3 Å². The fraction of sp³-hybridized carbons (Fsp3) is 0.250. The summed E-state index contributed by atoms with van der Waals surface area (Å²) in [6.45, 7) is 4.66. The van der Waals surface area contributed by atoms with Crippen molar-refractivity contribution in [2.24, 2.45) is 0 Å². The predicted molar refractivity (Wildman–Crippen MR) is 131 cm³/mol. The van der Waals surface area contributed by atoms with E-state index in [1.54, 1.807) is 14.0 Å². The first-order chi connectivity index (χ1) is 16.0. The monoisotopic (exact) mass is 446 g/mol. The summed E-state index contributed by atoms with van der Waals surface area (Å²) in [5, 5.41) is 9.22. The lowest BCUT2D eigenvalue weighted by atomic mass is 10.0. The Balaban J connectivity index is 1.56. The molecule has 33 heavy (non-hydrogen) atoms. The van der Waals surface area contributed by atoms with Gasteiger partial charge in [0.05, 0.1) is 7.11 Å². The van der Waals surface area contributed by atoms with Gasteiger partial charge in [0.15, 0.2) is 6.10 Å². The minimum Gasteiger partial charge on any atom is -0.497 e. The summed E-state index contributed by atoms with van der Waals surface area (Å²) in [7, 11) is 1.67. The van der Waals surface area contributed by atoms with Gasteiger partial charge in [-0.25, -0.2) is 4.79 Å². The predicted octanol–water partition coefficient (Wildman–Crippen LogP) is 5.88. The summed E-state index contributed by atoms with van der Waals surface area (Å²) < 4.78 is 16.4. The number of methoxy groups -OCH3 is 1. The van der Waals surface area contributed by atoms with Crippen LogP contribution in [0.3, 0.4) is 0 Å². The van der Waals surface area contributed by atoms with Crippen LogP contribution in [0, 0.1) is 0 Å². The van der Waals surface area contributed by atoms with Gasteiger partial charge in [-0.1, -0.05) is 48.5 Å². The van der Waals surface area contributed by atoms with Crippen LogP contribution < -0.4 is 9.47 Å². The summed E-state index contributed by atoms with van der Waals surface area (Å²) in [5.41, 5.74) is 5.41. The summed E-state index contributed by atoms with van der Waals surface area (Å²) in [6, 6.07) is 23.9. The Kier molecular flexibility index (Phi) is 8.67. The molecule has 0 heterocycles. The standard InChI is InChI=1S/C28H30O5/c1-4-32-27(28(29)30)18-21-8-14-25(15-9-21)33-17-16-20(2)22-10-12-23(13-11-22)24-6-5-7-26(19-24)31-3/h5-16,19,27H,4,17-18H2,1-3H3,(H,29,30)/b20-16+/t27-/m0/s1. The number of hydrogen-bond donors (Lipinski definition) is 1. The Morgan fingerprint density at radius 3 is 2.33 bits per heavy atom. The number of aliphatic carboxylic acids is 1. The van der Waals surface area contributed by atoms with E-state index in [4.69, 9.17) is 14.2 Å². The molecule has 5 nitrogen and oxygen atoms in total. The smallest absolute Gasteiger partial charge is 0.333 e. The number of allylic oxidation sites excluding steroid dienone is 1. The van der Waals surface area contributed by atoms with Crippen molar-refractivity contribution < 1.29 is 24.1 Å². The van der Waals surface area contributed by atoms with E-state index in [9.17, 15) is 9.90 Å². The highest BCUT2D eigenvalue weighted by molar-refractivity contribution is 5.73. The van der Waals surface area contributed by atoms with E-state index >= 15 is 0 Å². The quantitative estimate of drug-likeness (QED) is 0.399. The first kappa shape index (κ1) is 24.1. The zero-order valence-electron chi connectivity index (χ0n) is 19.3. The lowest BCUT2D eigenvalue weighted by Crippen LogP contribution is -2.26. The van der Waals surface area contributed by atoms with E-state index in [-0.39, 0.29) is 0 Å². The Hall–Kier alpha value is -3.57. The fourth-order valence-corrected chi connectivity index (χ4v) is 3.46. The molecule has 1 atom stereocenters. The van der Waals surface area contributed by atoms with Gasteiger partial charge in [0, 0.05) is 13.0 Å². The molecule has 5 heteroatoms. The highest BCUT2D eigenvalue weighted by atomic mass is 16.5. The van der Waals surface area contributed by atoms with E-state index < -0.39 is 12.1 Å². The van der Waals surface area contributed by atoms with Gasteiger partial charge in [-0.3, -0.25) is 0 Å². The van der Waals surface area contributed by atoms with Gasteiger partial charge < -0.3 is 19.3 Å². The Morgan fingerprint density at radius 1 is 0.970 bits per heavy atom. The largest absolute Gasteiger partial charge is 0.497 e. The molecule has 0 bridgehead atoms. The average Bonchev–Trinajstić information content (AvgIpc) is 2.84. The minimum absolute atomic E-state index is 0.328. The van der Waals surface area contributed by atoms with Crippen LogP contribution in [0.1, 0.15) is 25.0 Å². The second-order valence-electron chi connectivity index (χ2n) is 7.64. The third-order valence-electron chi connectivity index (χ3n) is 5.37. The molecule has 172 valence electrons. The molecule has 0 aliphatic rings. The van der Waals surface area contributed by atoms with Gasteiger partial charge in [0.25, 0.3) is 0 Å². The van der Waals surface area contributed by atoms with Crippen molar-refractivity contribution in [3.63, 3.8) is 0 Å². The van der Waals surface area contributed by atoms with Crippen LogP contribution in [0.2, 0.25) is 0 Å². The van der Waals surface area contributed by atoms with Crippen LogP contribution in [0.25, 0.3) is 16.7 Å². The van der Waals surface area contributed by atoms with Crippen molar-refractivity contribution in [1.82, 2.24) is 0 Å². The van der Waals surface area contributed by atoms with Crippen LogP contribution in [0.15, 0.2) is 78.9 Å². The molecule has 1 N–H and O–H groups in total. The Bertz CT molecular complexity index is 1070. The van der Waals surface area contributed by atoms with Gasteiger partial charge in [-0.2, -0.15) is 0 Å². The Morgan fingerprint density at radius 2 is 1.70 bits per heavy atom. The number of hydrogen-bond acceptors (Lipinski definition) is 4. The van der Waals surface area contributed by atoms with Crippen LogP contribution in [-0.4, -0.2) is 37.5 Å². The van der Waals surface area contributed by atoms with Crippen molar-refractivity contribution in [2.75, 3.05) is 20.3 Å². The minimum atomic E-state index is -0.950. The number of benzene rings is 3. The molecular formula is C28H30O5. The topological polar surface area (TPSA) is 65.0 Å². The van der Waals surface area contributed by atoms with Gasteiger partial charge in [0.1, 0.15) is 18.1 Å². The highest BCUT2D eigenvalue weighted by Crippen LogP contribution is 2.25. The molecule has 0 aliphatic carbocycles. The number of carboxylic acid groups (broad SMARTS) is 1. The van der Waals surface area contributed by atoms with Crippen molar-refractivity contribution in [1.29, 1.82) is 0 Å². The van der Waals surface area contributed by atoms with E-state index in [1.807, 2.05) is 48.5 Å². The first-order valence-corrected chi connectivity index (χ1v) is 11.0. The first-order valence-electron chi connectivity index (χ1n) is 11.0.